The van der Waals surface area contributed by atoms with Gasteiger partial charge in [-0.15, -0.1) is 0 Å². The van der Waals surface area contributed by atoms with Gasteiger partial charge in [0.05, 0.1) is 28.4 Å². The van der Waals surface area contributed by atoms with Crippen LogP contribution in [0.25, 0.3) is 22.0 Å². The first-order chi connectivity index (χ1) is 22.7. The summed E-state index contributed by atoms with van der Waals surface area (Å²) in [5.41, 5.74) is 3.27. The van der Waals surface area contributed by atoms with Crippen LogP contribution >= 0.6 is 11.6 Å². The minimum absolute atomic E-state index is 0.0716. The van der Waals surface area contributed by atoms with Crippen LogP contribution in [-0.2, 0) is 11.8 Å². The molecule has 0 bridgehead atoms. The van der Waals surface area contributed by atoms with E-state index in [0.717, 1.165) is 36.0 Å². The summed E-state index contributed by atoms with van der Waals surface area (Å²) < 4.78 is 13.9. The SMILES string of the molecule is Cc1cc(C)cc(-c2c(OCC[C@@H]3CCCCN3C(=O)OC(C)(C)C)c3cc(N(C)C(=O)Nc4ccncn4)c(Cl)cc3n(C)c2=O)c1. The van der Waals surface area contributed by atoms with E-state index in [1.54, 1.807) is 41.8 Å². The second kappa shape index (κ2) is 14.2. The van der Waals surface area contributed by atoms with Crippen molar-refractivity contribution < 1.29 is 19.1 Å². The lowest BCUT2D eigenvalue weighted by Gasteiger charge is -2.36. The molecule has 12 heteroatoms. The summed E-state index contributed by atoms with van der Waals surface area (Å²) in [6.07, 6.45) is 5.83. The van der Waals surface area contributed by atoms with Crippen LogP contribution in [0.15, 0.2) is 53.7 Å². The molecule has 2 aromatic carbocycles. The summed E-state index contributed by atoms with van der Waals surface area (Å²) in [5.74, 6) is 0.727. The van der Waals surface area contributed by atoms with Gasteiger partial charge in [-0.1, -0.05) is 40.9 Å². The van der Waals surface area contributed by atoms with Gasteiger partial charge in [-0.05, 0) is 77.6 Å². The molecule has 0 aliphatic carbocycles. The zero-order valence-electron chi connectivity index (χ0n) is 28.6. The molecule has 3 heterocycles. The van der Waals surface area contributed by atoms with Crippen molar-refractivity contribution in [2.75, 3.05) is 30.4 Å². The lowest BCUT2D eigenvalue weighted by Crippen LogP contribution is -2.46. The highest BCUT2D eigenvalue weighted by molar-refractivity contribution is 6.35. The summed E-state index contributed by atoms with van der Waals surface area (Å²) >= 11 is 6.76. The second-order valence-electron chi connectivity index (χ2n) is 13.3. The Kier molecular flexibility index (Phi) is 10.3. The number of likely N-dealkylation sites (tertiary alicyclic amines) is 1. The standard InChI is InChI=1S/C36H43ClN6O5/c1-22-16-23(2)18-24(17-22)31-32(47-15-12-25-10-8-9-14-43(25)35(46)48-36(3,4)5)26-19-29(27(37)20-28(26)41(6)33(31)44)42(7)34(45)40-30-11-13-38-21-39-30/h11,13,16-21,25H,8-10,12,14-15H2,1-7H3,(H,38,39,40,45)/t25-/m0/s1. The quantitative estimate of drug-likeness (QED) is 0.216. The third-order valence-electron chi connectivity index (χ3n) is 8.36. The number of carbonyl (C=O) groups excluding carboxylic acids is 2. The van der Waals surface area contributed by atoms with E-state index < -0.39 is 11.6 Å². The van der Waals surface area contributed by atoms with Crippen molar-refractivity contribution in [3.63, 3.8) is 0 Å². The van der Waals surface area contributed by atoms with E-state index in [4.69, 9.17) is 21.1 Å². The van der Waals surface area contributed by atoms with Crippen molar-refractivity contribution >= 4 is 46.1 Å². The van der Waals surface area contributed by atoms with Gasteiger partial charge in [-0.25, -0.2) is 19.6 Å². The molecule has 1 atom stereocenters. The number of carbonyl (C=O) groups is 2. The summed E-state index contributed by atoms with van der Waals surface area (Å²) in [4.78, 5) is 51.6. The van der Waals surface area contributed by atoms with Gasteiger partial charge < -0.3 is 18.9 Å². The Bertz CT molecular complexity index is 1870. The number of fused-ring (bicyclic) bond motifs is 1. The number of benzene rings is 2. The number of nitrogens with one attached hydrogen (secondary N) is 1. The molecule has 4 aromatic rings. The molecule has 0 saturated carbocycles. The molecular weight excluding hydrogens is 632 g/mol. The van der Waals surface area contributed by atoms with Gasteiger partial charge in [0.2, 0.25) is 0 Å². The Morgan fingerprint density at radius 2 is 1.83 bits per heavy atom. The van der Waals surface area contributed by atoms with Gasteiger partial charge in [-0.2, -0.15) is 0 Å². The highest BCUT2D eigenvalue weighted by Crippen LogP contribution is 2.40. The van der Waals surface area contributed by atoms with Gasteiger partial charge in [-0.3, -0.25) is 15.0 Å². The first kappa shape index (κ1) is 34.7. The molecule has 1 saturated heterocycles. The number of nitrogens with zero attached hydrogens (tertiary/aromatic N) is 5. The number of piperidine rings is 1. The van der Waals surface area contributed by atoms with Gasteiger partial charge in [0.25, 0.3) is 5.56 Å². The molecular formula is C36H43ClN6O5. The van der Waals surface area contributed by atoms with Gasteiger partial charge in [0.15, 0.2) is 0 Å². The third kappa shape index (κ3) is 7.73. The van der Waals surface area contributed by atoms with Gasteiger partial charge in [0, 0.05) is 44.7 Å². The van der Waals surface area contributed by atoms with Crippen molar-refractivity contribution in [1.82, 2.24) is 19.4 Å². The summed E-state index contributed by atoms with van der Waals surface area (Å²) in [6.45, 7) is 10.4. The topological polar surface area (TPSA) is 119 Å². The van der Waals surface area contributed by atoms with Crippen molar-refractivity contribution in [2.45, 2.75) is 71.9 Å². The van der Waals surface area contributed by atoms with E-state index in [1.165, 1.54) is 17.4 Å². The fourth-order valence-corrected chi connectivity index (χ4v) is 6.41. The maximum absolute atomic E-state index is 14.1. The Hall–Kier alpha value is -4.64. The van der Waals surface area contributed by atoms with Crippen molar-refractivity contribution in [3.05, 3.63) is 75.4 Å². The molecule has 1 aliphatic rings. The van der Waals surface area contributed by atoms with Gasteiger partial charge in [0.1, 0.15) is 23.5 Å². The second-order valence-corrected chi connectivity index (χ2v) is 13.7. The van der Waals surface area contributed by atoms with E-state index >= 15 is 0 Å². The van der Waals surface area contributed by atoms with Crippen LogP contribution in [0.2, 0.25) is 5.02 Å². The van der Waals surface area contributed by atoms with E-state index in [9.17, 15) is 14.4 Å². The zero-order chi connectivity index (χ0) is 34.7. The van der Waals surface area contributed by atoms with Crippen LogP contribution in [0.4, 0.5) is 21.1 Å². The zero-order valence-corrected chi connectivity index (χ0v) is 29.3. The summed E-state index contributed by atoms with van der Waals surface area (Å²) in [7, 11) is 3.30. The molecule has 254 valence electrons. The smallest absolute Gasteiger partial charge is 0.410 e. The lowest BCUT2D eigenvalue weighted by atomic mass is 9.98. The highest BCUT2D eigenvalue weighted by Gasteiger charge is 2.31. The van der Waals surface area contributed by atoms with Crippen molar-refractivity contribution in [3.8, 4) is 16.9 Å². The Morgan fingerprint density at radius 3 is 2.50 bits per heavy atom. The number of halogens is 1. The van der Waals surface area contributed by atoms with Crippen LogP contribution < -0.4 is 20.5 Å². The van der Waals surface area contributed by atoms with Crippen molar-refractivity contribution in [1.29, 1.82) is 0 Å². The molecule has 1 N–H and O–H groups in total. The Morgan fingerprint density at radius 1 is 1.10 bits per heavy atom. The predicted octanol–water partition coefficient (Wildman–Crippen LogP) is 7.49. The first-order valence-corrected chi connectivity index (χ1v) is 16.5. The molecule has 3 amide bonds. The Balaban J connectivity index is 1.56. The molecule has 0 radical (unpaired) electrons. The molecule has 48 heavy (non-hydrogen) atoms. The molecule has 2 aromatic heterocycles. The number of anilines is 2. The number of hydrogen-bond donors (Lipinski definition) is 1. The van der Waals surface area contributed by atoms with Gasteiger partial charge >= 0.3 is 12.1 Å². The largest absolute Gasteiger partial charge is 0.492 e. The van der Waals surface area contributed by atoms with Crippen LogP contribution in [0.3, 0.4) is 0 Å². The number of ether oxygens (including phenoxy) is 2. The maximum Gasteiger partial charge on any atom is 0.410 e. The lowest BCUT2D eigenvalue weighted by molar-refractivity contribution is 0.00745. The minimum atomic E-state index is -0.600. The number of aromatic nitrogens is 3. The number of amides is 3. The summed E-state index contributed by atoms with van der Waals surface area (Å²) in [6, 6.07) is 10.5. The molecule has 0 spiro atoms. The fourth-order valence-electron chi connectivity index (χ4n) is 6.13. The van der Waals surface area contributed by atoms with E-state index in [0.29, 0.717) is 46.7 Å². The Labute approximate surface area is 285 Å². The van der Waals surface area contributed by atoms with Crippen LogP contribution in [-0.4, -0.2) is 63.4 Å². The monoisotopic (exact) mass is 674 g/mol. The minimum Gasteiger partial charge on any atom is -0.492 e. The molecule has 1 fully saturated rings. The van der Waals surface area contributed by atoms with Crippen LogP contribution in [0.5, 0.6) is 5.75 Å². The fraction of sp³-hybridized carbons (Fsp3) is 0.417. The van der Waals surface area contributed by atoms with Crippen LogP contribution in [0.1, 0.15) is 57.6 Å². The number of urea groups is 1. The number of hydrogen-bond acceptors (Lipinski definition) is 7. The molecule has 5 rings (SSSR count). The molecule has 11 nitrogen and oxygen atoms in total. The number of pyridine rings is 1. The number of rotatable bonds is 7. The van der Waals surface area contributed by atoms with E-state index in [-0.39, 0.29) is 29.3 Å². The highest BCUT2D eigenvalue weighted by atomic mass is 35.5. The van der Waals surface area contributed by atoms with Crippen molar-refractivity contribution in [2.24, 2.45) is 7.05 Å². The molecule has 0 unspecified atom stereocenters. The normalized spacial score (nSPS) is 14.9. The van der Waals surface area contributed by atoms with Crippen LogP contribution in [0, 0.1) is 13.8 Å². The average molecular weight is 675 g/mol. The van der Waals surface area contributed by atoms with E-state index in [1.807, 2.05) is 52.8 Å². The first-order valence-electron chi connectivity index (χ1n) is 16.1. The number of aryl methyl sites for hydroxylation is 3. The van der Waals surface area contributed by atoms with E-state index in [2.05, 4.69) is 15.3 Å². The average Bonchev–Trinajstić information content (AvgIpc) is 3.02. The maximum atomic E-state index is 14.1. The molecule has 1 aliphatic heterocycles. The predicted molar refractivity (Wildman–Crippen MR) is 189 cm³/mol. The third-order valence-corrected chi connectivity index (χ3v) is 8.67. The summed E-state index contributed by atoms with van der Waals surface area (Å²) in [5, 5.41) is 3.63.